The number of rotatable bonds is 7. The van der Waals surface area contributed by atoms with Crippen molar-refractivity contribution in [1.82, 2.24) is 0 Å². The Labute approximate surface area is 68.9 Å². The summed E-state index contributed by atoms with van der Waals surface area (Å²) in [5.41, 5.74) is 0. The lowest BCUT2D eigenvalue weighted by atomic mass is 10.0. The zero-order valence-electron chi connectivity index (χ0n) is 7.51. The molecular formula is C9H18O2. The van der Waals surface area contributed by atoms with Crippen LogP contribution in [0.2, 0.25) is 0 Å². The van der Waals surface area contributed by atoms with Gasteiger partial charge in [0.15, 0.2) is 0 Å². The molecular weight excluding hydrogens is 140 g/mol. The second-order valence-electron chi connectivity index (χ2n) is 3.00. The normalized spacial score (nSPS) is 12.5. The smallest absolute Gasteiger partial charge is 0.293 e. The van der Waals surface area contributed by atoms with Crippen LogP contribution in [0.15, 0.2) is 0 Å². The monoisotopic (exact) mass is 158 g/mol. The van der Waals surface area contributed by atoms with Gasteiger partial charge in [-0.05, 0) is 12.3 Å². The Morgan fingerprint density at radius 1 is 1.45 bits per heavy atom. The number of hydrogen-bond acceptors (Lipinski definition) is 2. The van der Waals surface area contributed by atoms with E-state index in [-0.39, 0.29) is 0 Å². The van der Waals surface area contributed by atoms with Gasteiger partial charge in [0.05, 0.1) is 6.61 Å². The number of carbonyl (C=O) groups excluding carboxylic acids is 1. The highest BCUT2D eigenvalue weighted by atomic mass is 16.5. The Hall–Kier alpha value is -0.530. The molecule has 0 heterocycles. The van der Waals surface area contributed by atoms with Crippen molar-refractivity contribution in [3.8, 4) is 0 Å². The van der Waals surface area contributed by atoms with Gasteiger partial charge in [-0.1, -0.05) is 33.1 Å². The van der Waals surface area contributed by atoms with Crippen LogP contribution in [0, 0.1) is 5.92 Å². The Morgan fingerprint density at radius 3 is 2.73 bits per heavy atom. The zero-order valence-corrected chi connectivity index (χ0v) is 7.51. The third-order valence-corrected chi connectivity index (χ3v) is 1.85. The average Bonchev–Trinajstić information content (AvgIpc) is 2.01. The van der Waals surface area contributed by atoms with Crippen LogP contribution in [-0.2, 0) is 9.53 Å². The maximum Gasteiger partial charge on any atom is 0.293 e. The lowest BCUT2D eigenvalue weighted by Crippen LogP contribution is -2.00. The van der Waals surface area contributed by atoms with Gasteiger partial charge in [0.1, 0.15) is 0 Å². The van der Waals surface area contributed by atoms with E-state index in [0.717, 1.165) is 6.42 Å². The first-order valence-corrected chi connectivity index (χ1v) is 4.36. The third-order valence-electron chi connectivity index (χ3n) is 1.85. The van der Waals surface area contributed by atoms with Crippen molar-refractivity contribution in [1.29, 1.82) is 0 Å². The summed E-state index contributed by atoms with van der Waals surface area (Å²) in [5.74, 6) is 0.690. The van der Waals surface area contributed by atoms with E-state index in [0.29, 0.717) is 19.0 Å². The van der Waals surface area contributed by atoms with Gasteiger partial charge in [0.25, 0.3) is 6.47 Å². The Balaban J connectivity index is 3.08. The van der Waals surface area contributed by atoms with Crippen LogP contribution >= 0.6 is 0 Å². The van der Waals surface area contributed by atoms with Crippen molar-refractivity contribution in [3.05, 3.63) is 0 Å². The van der Waals surface area contributed by atoms with Crippen LogP contribution < -0.4 is 0 Å². The summed E-state index contributed by atoms with van der Waals surface area (Å²) in [6, 6.07) is 0. The quantitative estimate of drug-likeness (QED) is 0.420. The van der Waals surface area contributed by atoms with Crippen LogP contribution in [0.25, 0.3) is 0 Å². The molecule has 11 heavy (non-hydrogen) atoms. The molecule has 0 aliphatic carbocycles. The van der Waals surface area contributed by atoms with Gasteiger partial charge in [0, 0.05) is 0 Å². The largest absolute Gasteiger partial charge is 0.468 e. The molecule has 2 heteroatoms. The number of hydrogen-bond donors (Lipinski definition) is 0. The van der Waals surface area contributed by atoms with Gasteiger partial charge >= 0.3 is 0 Å². The molecule has 66 valence electrons. The molecule has 0 aromatic heterocycles. The minimum Gasteiger partial charge on any atom is -0.468 e. The van der Waals surface area contributed by atoms with E-state index in [1.54, 1.807) is 0 Å². The predicted octanol–water partition coefficient (Wildman–Crippen LogP) is 2.38. The highest BCUT2D eigenvalue weighted by Crippen LogP contribution is 2.10. The molecule has 0 spiro atoms. The van der Waals surface area contributed by atoms with E-state index in [9.17, 15) is 4.79 Å². The lowest BCUT2D eigenvalue weighted by molar-refractivity contribution is -0.129. The molecule has 0 rings (SSSR count). The van der Waals surface area contributed by atoms with Crippen molar-refractivity contribution in [2.75, 3.05) is 6.61 Å². The topological polar surface area (TPSA) is 26.3 Å². The van der Waals surface area contributed by atoms with E-state index < -0.39 is 0 Å². The van der Waals surface area contributed by atoms with Gasteiger partial charge in [-0.3, -0.25) is 4.79 Å². The molecule has 0 amide bonds. The van der Waals surface area contributed by atoms with Crippen LogP contribution in [0.5, 0.6) is 0 Å². The molecule has 2 nitrogen and oxygen atoms in total. The molecule has 0 aliphatic heterocycles. The Bertz CT molecular complexity index is 91.6. The minimum atomic E-state index is 0.520. The van der Waals surface area contributed by atoms with Gasteiger partial charge < -0.3 is 4.74 Å². The standard InChI is InChI=1S/C9H18O2/c1-3-4-5-9(2)6-7-11-8-10/h8-9H,3-7H2,1-2H3. The third kappa shape index (κ3) is 7.37. The second-order valence-corrected chi connectivity index (χ2v) is 3.00. The molecule has 0 aliphatic rings. The van der Waals surface area contributed by atoms with Gasteiger partial charge in [-0.15, -0.1) is 0 Å². The predicted molar refractivity (Wildman–Crippen MR) is 45.3 cm³/mol. The van der Waals surface area contributed by atoms with Crippen LogP contribution in [0.4, 0.5) is 0 Å². The lowest BCUT2D eigenvalue weighted by Gasteiger charge is -2.08. The van der Waals surface area contributed by atoms with Crippen LogP contribution in [0.1, 0.15) is 39.5 Å². The molecule has 1 unspecified atom stereocenters. The summed E-state index contributed by atoms with van der Waals surface area (Å²) in [5, 5.41) is 0. The molecule has 0 fully saturated rings. The highest BCUT2D eigenvalue weighted by molar-refractivity contribution is 5.36. The van der Waals surface area contributed by atoms with Crippen molar-refractivity contribution >= 4 is 6.47 Å². The van der Waals surface area contributed by atoms with Crippen molar-refractivity contribution in [3.63, 3.8) is 0 Å². The molecule has 0 aromatic carbocycles. The summed E-state index contributed by atoms with van der Waals surface area (Å²) in [4.78, 5) is 9.78. The second kappa shape index (κ2) is 7.58. The zero-order chi connectivity index (χ0) is 8.53. The number of carbonyl (C=O) groups is 1. The maximum atomic E-state index is 9.78. The molecule has 0 N–H and O–H groups in total. The summed E-state index contributed by atoms with van der Waals surface area (Å²) < 4.78 is 4.60. The first-order chi connectivity index (χ1) is 5.31. The SMILES string of the molecule is CCCCC(C)CCOC=O. The van der Waals surface area contributed by atoms with Crippen LogP contribution in [-0.4, -0.2) is 13.1 Å². The summed E-state index contributed by atoms with van der Waals surface area (Å²) in [7, 11) is 0. The Morgan fingerprint density at radius 2 is 2.18 bits per heavy atom. The first kappa shape index (κ1) is 10.5. The average molecular weight is 158 g/mol. The van der Waals surface area contributed by atoms with E-state index in [2.05, 4.69) is 18.6 Å². The maximum absolute atomic E-state index is 9.78. The fourth-order valence-corrected chi connectivity index (χ4v) is 1.01. The van der Waals surface area contributed by atoms with E-state index >= 15 is 0 Å². The van der Waals surface area contributed by atoms with Crippen molar-refractivity contribution in [2.24, 2.45) is 5.92 Å². The van der Waals surface area contributed by atoms with Crippen LogP contribution in [0.3, 0.4) is 0 Å². The fourth-order valence-electron chi connectivity index (χ4n) is 1.01. The van der Waals surface area contributed by atoms with E-state index in [1.165, 1.54) is 19.3 Å². The first-order valence-electron chi connectivity index (χ1n) is 4.36. The van der Waals surface area contributed by atoms with Crippen molar-refractivity contribution < 1.29 is 9.53 Å². The molecule has 1 atom stereocenters. The highest BCUT2D eigenvalue weighted by Gasteiger charge is 2.00. The molecule has 0 saturated heterocycles. The minimum absolute atomic E-state index is 0.520. The van der Waals surface area contributed by atoms with E-state index in [1.807, 2.05) is 0 Å². The molecule has 0 aromatic rings. The Kier molecular flexibility index (Phi) is 7.21. The molecule has 0 radical (unpaired) electrons. The van der Waals surface area contributed by atoms with Gasteiger partial charge in [-0.2, -0.15) is 0 Å². The molecule has 0 saturated carbocycles. The van der Waals surface area contributed by atoms with E-state index in [4.69, 9.17) is 0 Å². The molecule has 0 bridgehead atoms. The summed E-state index contributed by atoms with van der Waals surface area (Å²) >= 11 is 0. The van der Waals surface area contributed by atoms with Crippen molar-refractivity contribution in [2.45, 2.75) is 39.5 Å². The van der Waals surface area contributed by atoms with Gasteiger partial charge in [-0.25, -0.2) is 0 Å². The van der Waals surface area contributed by atoms with Gasteiger partial charge in [0.2, 0.25) is 0 Å². The summed E-state index contributed by atoms with van der Waals surface area (Å²) in [6.07, 6.45) is 4.78. The summed E-state index contributed by atoms with van der Waals surface area (Å²) in [6.45, 7) is 5.49. The number of ether oxygens (including phenoxy) is 1. The fraction of sp³-hybridized carbons (Fsp3) is 0.889. The number of unbranched alkanes of at least 4 members (excludes halogenated alkanes) is 1.